The van der Waals surface area contributed by atoms with E-state index in [4.69, 9.17) is 10.7 Å². The van der Waals surface area contributed by atoms with Crippen molar-refractivity contribution in [3.63, 3.8) is 0 Å². The lowest BCUT2D eigenvalue weighted by Gasteiger charge is -2.15. The van der Waals surface area contributed by atoms with Gasteiger partial charge in [0.15, 0.2) is 5.16 Å². The summed E-state index contributed by atoms with van der Waals surface area (Å²) in [7, 11) is 0. The molecule has 2 N–H and O–H groups in total. The second-order valence-electron chi connectivity index (χ2n) is 6.61. The van der Waals surface area contributed by atoms with Crippen molar-refractivity contribution in [1.29, 1.82) is 0 Å². The largest absolute Gasteiger partial charge is 0.369 e. The molecule has 0 aromatic carbocycles. The number of rotatable bonds is 7. The van der Waals surface area contributed by atoms with Crippen LogP contribution in [0.3, 0.4) is 0 Å². The number of amides is 1. The first kappa shape index (κ1) is 18.5. The van der Waals surface area contributed by atoms with E-state index in [2.05, 4.69) is 6.92 Å². The third-order valence-electron chi connectivity index (χ3n) is 4.71. The van der Waals surface area contributed by atoms with Gasteiger partial charge >= 0.3 is 0 Å². The predicted molar refractivity (Wildman–Crippen MR) is 105 cm³/mol. The summed E-state index contributed by atoms with van der Waals surface area (Å²) in [5.74, 6) is -0.384. The lowest BCUT2D eigenvalue weighted by atomic mass is 9.97. The fourth-order valence-electron chi connectivity index (χ4n) is 3.24. The van der Waals surface area contributed by atoms with E-state index in [1.54, 1.807) is 22.8 Å². The Morgan fingerprint density at radius 1 is 1.36 bits per heavy atom. The summed E-state index contributed by atoms with van der Waals surface area (Å²) in [4.78, 5) is 31.6. The Hall–Kier alpha value is -1.34. The average Bonchev–Trinajstić information content (AvgIpc) is 2.95. The van der Waals surface area contributed by atoms with Gasteiger partial charge in [-0.2, -0.15) is 0 Å². The van der Waals surface area contributed by atoms with Gasteiger partial charge in [-0.25, -0.2) is 4.98 Å². The van der Waals surface area contributed by atoms with Gasteiger partial charge in [0.1, 0.15) is 4.83 Å². The Kier molecular flexibility index (Phi) is 5.84. The number of nitrogens with two attached hydrogens (primary N) is 1. The van der Waals surface area contributed by atoms with Crippen LogP contribution in [0.1, 0.15) is 56.4 Å². The minimum absolute atomic E-state index is 0.0553. The molecule has 7 heteroatoms. The van der Waals surface area contributed by atoms with E-state index < -0.39 is 5.25 Å². The first-order valence-electron chi connectivity index (χ1n) is 9.04. The van der Waals surface area contributed by atoms with E-state index in [0.717, 1.165) is 48.7 Å². The summed E-state index contributed by atoms with van der Waals surface area (Å²) in [6, 6.07) is 0. The van der Waals surface area contributed by atoms with Crippen LogP contribution in [-0.4, -0.2) is 20.7 Å². The molecule has 136 valence electrons. The summed E-state index contributed by atoms with van der Waals surface area (Å²) < 4.78 is 1.77. The van der Waals surface area contributed by atoms with Crippen LogP contribution in [0.25, 0.3) is 10.2 Å². The summed E-state index contributed by atoms with van der Waals surface area (Å²) in [6.45, 7) is 4.55. The molecule has 2 heterocycles. The Morgan fingerprint density at radius 3 is 2.84 bits per heavy atom. The van der Waals surface area contributed by atoms with Crippen LogP contribution in [0, 0.1) is 0 Å². The van der Waals surface area contributed by atoms with Gasteiger partial charge in [-0.05, 0) is 44.6 Å². The Balaban J connectivity index is 2.10. The van der Waals surface area contributed by atoms with Gasteiger partial charge in [-0.1, -0.05) is 31.5 Å². The molecule has 2 aromatic heterocycles. The van der Waals surface area contributed by atoms with Gasteiger partial charge in [0.2, 0.25) is 5.91 Å². The van der Waals surface area contributed by atoms with Crippen molar-refractivity contribution < 1.29 is 4.79 Å². The highest BCUT2D eigenvalue weighted by molar-refractivity contribution is 8.00. The van der Waals surface area contributed by atoms with Crippen LogP contribution in [0.5, 0.6) is 0 Å². The molecule has 0 unspecified atom stereocenters. The van der Waals surface area contributed by atoms with E-state index in [1.807, 2.05) is 0 Å². The minimum atomic E-state index is -0.406. The molecule has 0 bridgehead atoms. The summed E-state index contributed by atoms with van der Waals surface area (Å²) in [6.07, 6.45) is 7.46. The fourth-order valence-corrected chi connectivity index (χ4v) is 5.43. The average molecular weight is 380 g/mol. The van der Waals surface area contributed by atoms with E-state index in [0.29, 0.717) is 11.7 Å². The number of aryl methyl sites for hydroxylation is 2. The van der Waals surface area contributed by atoms with E-state index in [9.17, 15) is 9.59 Å². The van der Waals surface area contributed by atoms with Crippen LogP contribution >= 0.6 is 23.1 Å². The molecule has 0 saturated carbocycles. The standard InChI is InChI=1S/C18H25N3O2S2/c1-3-4-7-10-21-17(23)14-12-8-5-6-9-13(12)25-16(14)20-18(21)24-11(2)15(19)22/h11H,3-10H2,1-2H3,(H2,19,22)/t11-/m0/s1. The summed E-state index contributed by atoms with van der Waals surface area (Å²) in [5.41, 5.74) is 6.68. The number of carbonyl (C=O) groups is 1. The molecule has 0 fully saturated rings. The van der Waals surface area contributed by atoms with Crippen LogP contribution in [0.2, 0.25) is 0 Å². The normalized spacial score (nSPS) is 15.3. The first-order chi connectivity index (χ1) is 12.0. The number of hydrogen-bond acceptors (Lipinski definition) is 5. The fraction of sp³-hybridized carbons (Fsp3) is 0.611. The lowest BCUT2D eigenvalue weighted by molar-refractivity contribution is -0.117. The minimum Gasteiger partial charge on any atom is -0.369 e. The molecular weight excluding hydrogens is 354 g/mol. The number of nitrogens with zero attached hydrogens (tertiary/aromatic N) is 2. The number of carbonyl (C=O) groups excluding carboxylic acids is 1. The molecule has 1 amide bonds. The van der Waals surface area contributed by atoms with Gasteiger partial charge in [0.25, 0.3) is 5.56 Å². The highest BCUT2D eigenvalue weighted by Crippen LogP contribution is 2.35. The van der Waals surface area contributed by atoms with Gasteiger partial charge in [-0.15, -0.1) is 11.3 Å². The van der Waals surface area contributed by atoms with Crippen LogP contribution in [-0.2, 0) is 24.2 Å². The predicted octanol–water partition coefficient (Wildman–Crippen LogP) is 3.49. The molecule has 3 rings (SSSR count). The van der Waals surface area contributed by atoms with Crippen molar-refractivity contribution in [1.82, 2.24) is 9.55 Å². The maximum absolute atomic E-state index is 13.2. The second-order valence-corrected chi connectivity index (χ2v) is 9.00. The Labute approximate surface area is 156 Å². The number of aromatic nitrogens is 2. The Bertz CT molecular complexity index is 841. The number of hydrogen-bond donors (Lipinski definition) is 1. The van der Waals surface area contributed by atoms with E-state index in [1.165, 1.54) is 28.6 Å². The van der Waals surface area contributed by atoms with Crippen molar-refractivity contribution in [3.05, 3.63) is 20.8 Å². The smallest absolute Gasteiger partial charge is 0.263 e. The maximum atomic E-state index is 13.2. The molecule has 0 aliphatic heterocycles. The molecular formula is C18H25N3O2S2. The zero-order valence-electron chi connectivity index (χ0n) is 14.8. The van der Waals surface area contributed by atoms with E-state index >= 15 is 0 Å². The van der Waals surface area contributed by atoms with E-state index in [-0.39, 0.29) is 11.5 Å². The monoisotopic (exact) mass is 379 g/mol. The number of unbranched alkanes of at least 4 members (excludes halogenated alkanes) is 2. The molecule has 1 atom stereocenters. The van der Waals surface area contributed by atoms with Crippen molar-refractivity contribution >= 4 is 39.2 Å². The van der Waals surface area contributed by atoms with Gasteiger partial charge in [0.05, 0.1) is 10.6 Å². The zero-order valence-corrected chi connectivity index (χ0v) is 16.5. The third kappa shape index (κ3) is 3.77. The molecule has 0 saturated heterocycles. The van der Waals surface area contributed by atoms with Crippen LogP contribution in [0.4, 0.5) is 0 Å². The number of thiophene rings is 1. The van der Waals surface area contributed by atoms with Gasteiger partial charge in [0, 0.05) is 11.4 Å². The third-order valence-corrected chi connectivity index (χ3v) is 7.00. The maximum Gasteiger partial charge on any atom is 0.263 e. The van der Waals surface area contributed by atoms with Gasteiger partial charge in [-0.3, -0.25) is 14.2 Å². The van der Waals surface area contributed by atoms with Gasteiger partial charge < -0.3 is 5.73 Å². The van der Waals surface area contributed by atoms with Crippen molar-refractivity contribution in [2.45, 2.75) is 75.7 Å². The van der Waals surface area contributed by atoms with Crippen molar-refractivity contribution in [2.24, 2.45) is 5.73 Å². The lowest BCUT2D eigenvalue weighted by Crippen LogP contribution is -2.27. The molecule has 1 aliphatic carbocycles. The quantitative estimate of drug-likeness (QED) is 0.454. The van der Waals surface area contributed by atoms with Crippen LogP contribution in [0.15, 0.2) is 9.95 Å². The first-order valence-corrected chi connectivity index (χ1v) is 10.7. The second kappa shape index (κ2) is 7.91. The van der Waals surface area contributed by atoms with Crippen molar-refractivity contribution in [2.75, 3.05) is 0 Å². The number of fused-ring (bicyclic) bond motifs is 3. The SMILES string of the molecule is CCCCCn1c(S[C@@H](C)C(N)=O)nc2sc3c(c2c1=O)CCCC3. The molecule has 25 heavy (non-hydrogen) atoms. The number of primary amides is 1. The molecule has 5 nitrogen and oxygen atoms in total. The topological polar surface area (TPSA) is 78.0 Å². The van der Waals surface area contributed by atoms with Crippen LogP contribution < -0.4 is 11.3 Å². The molecule has 1 aliphatic rings. The summed E-state index contributed by atoms with van der Waals surface area (Å²) >= 11 is 2.94. The summed E-state index contributed by atoms with van der Waals surface area (Å²) in [5, 5.41) is 1.03. The molecule has 2 aromatic rings. The highest BCUT2D eigenvalue weighted by atomic mass is 32.2. The number of thioether (sulfide) groups is 1. The Morgan fingerprint density at radius 2 is 2.12 bits per heavy atom. The zero-order chi connectivity index (χ0) is 18.0. The highest BCUT2D eigenvalue weighted by Gasteiger charge is 2.23. The van der Waals surface area contributed by atoms with Crippen molar-refractivity contribution in [3.8, 4) is 0 Å². The molecule has 0 spiro atoms. The molecule has 0 radical (unpaired) electrons.